The third-order valence-electron chi connectivity index (χ3n) is 5.16. The second-order valence-electron chi connectivity index (χ2n) is 7.49. The molecule has 1 amide bonds. The maximum atomic E-state index is 13.8. The number of hydrogen-bond donors (Lipinski definition) is 1. The van der Waals surface area contributed by atoms with Crippen LogP contribution in [0.25, 0.3) is 0 Å². The minimum absolute atomic E-state index is 0.0271. The smallest absolute Gasteiger partial charge is 0.268 e. The fourth-order valence-electron chi connectivity index (χ4n) is 3.32. The van der Waals surface area contributed by atoms with Gasteiger partial charge in [0, 0.05) is 12.6 Å². The van der Waals surface area contributed by atoms with E-state index in [9.17, 15) is 13.2 Å². The summed E-state index contributed by atoms with van der Waals surface area (Å²) in [5.74, 6) is 0.899. The van der Waals surface area contributed by atoms with Crippen molar-refractivity contribution in [3.8, 4) is 17.2 Å². The van der Waals surface area contributed by atoms with Gasteiger partial charge >= 0.3 is 0 Å². The van der Waals surface area contributed by atoms with E-state index in [0.29, 0.717) is 17.2 Å². The highest BCUT2D eigenvalue weighted by atomic mass is 32.2. The Kier molecular flexibility index (Phi) is 8.01. The first-order valence-electron chi connectivity index (χ1n) is 10.5. The number of aryl methyl sites for hydroxylation is 1. The van der Waals surface area contributed by atoms with E-state index in [-0.39, 0.29) is 17.2 Å². The Hall–Kier alpha value is -3.72. The largest absolute Gasteiger partial charge is 0.497 e. The van der Waals surface area contributed by atoms with Crippen molar-refractivity contribution < 1.29 is 27.4 Å². The molecule has 180 valence electrons. The van der Waals surface area contributed by atoms with Crippen LogP contribution in [0.4, 0.5) is 5.69 Å². The lowest BCUT2D eigenvalue weighted by Gasteiger charge is -2.25. The zero-order valence-corrected chi connectivity index (χ0v) is 20.4. The van der Waals surface area contributed by atoms with Crippen molar-refractivity contribution in [3.05, 3.63) is 77.9 Å². The Labute approximate surface area is 200 Å². The van der Waals surface area contributed by atoms with Gasteiger partial charge in [0.2, 0.25) is 5.91 Å². The second kappa shape index (κ2) is 10.9. The van der Waals surface area contributed by atoms with Crippen LogP contribution in [0.2, 0.25) is 0 Å². The molecule has 34 heavy (non-hydrogen) atoms. The molecular formula is C25H28N2O6S. The Bertz CT molecular complexity index is 1240. The van der Waals surface area contributed by atoms with Crippen LogP contribution in [0.1, 0.15) is 11.1 Å². The zero-order valence-electron chi connectivity index (χ0n) is 19.6. The Morgan fingerprint density at radius 3 is 2.24 bits per heavy atom. The number of anilines is 1. The number of benzene rings is 3. The highest BCUT2D eigenvalue weighted by molar-refractivity contribution is 7.93. The van der Waals surface area contributed by atoms with E-state index in [2.05, 4.69) is 5.32 Å². The molecule has 0 radical (unpaired) electrons. The van der Waals surface area contributed by atoms with Crippen molar-refractivity contribution in [2.75, 3.05) is 32.2 Å². The van der Waals surface area contributed by atoms with Gasteiger partial charge in [0.1, 0.15) is 28.7 Å². The summed E-state index contributed by atoms with van der Waals surface area (Å²) < 4.78 is 44.3. The lowest BCUT2D eigenvalue weighted by atomic mass is 10.2. The van der Waals surface area contributed by atoms with Crippen molar-refractivity contribution in [2.45, 2.75) is 18.4 Å². The summed E-state index contributed by atoms with van der Waals surface area (Å²) in [6.07, 6.45) is 0. The van der Waals surface area contributed by atoms with E-state index in [1.165, 1.54) is 20.3 Å². The maximum absolute atomic E-state index is 13.8. The van der Waals surface area contributed by atoms with Crippen LogP contribution >= 0.6 is 0 Å². The first kappa shape index (κ1) is 24.9. The summed E-state index contributed by atoms with van der Waals surface area (Å²) in [6, 6.07) is 18.7. The van der Waals surface area contributed by atoms with Crippen molar-refractivity contribution in [2.24, 2.45) is 0 Å². The zero-order chi connectivity index (χ0) is 24.7. The molecule has 0 aliphatic carbocycles. The molecule has 0 saturated heterocycles. The van der Waals surface area contributed by atoms with Crippen LogP contribution in [0, 0.1) is 6.92 Å². The molecule has 0 unspecified atom stereocenters. The number of amides is 1. The predicted octanol–water partition coefficient (Wildman–Crippen LogP) is 3.53. The maximum Gasteiger partial charge on any atom is 0.268 e. The first-order chi connectivity index (χ1) is 16.3. The van der Waals surface area contributed by atoms with E-state index >= 15 is 0 Å². The van der Waals surface area contributed by atoms with Gasteiger partial charge in [0.25, 0.3) is 10.0 Å². The number of nitrogens with zero attached hydrogens (tertiary/aromatic N) is 1. The van der Waals surface area contributed by atoms with Crippen LogP contribution in [-0.2, 0) is 21.4 Å². The van der Waals surface area contributed by atoms with Crippen LogP contribution in [0.15, 0.2) is 71.6 Å². The Morgan fingerprint density at radius 1 is 0.882 bits per heavy atom. The first-order valence-corrected chi connectivity index (χ1v) is 11.9. The molecule has 0 aliphatic heterocycles. The molecule has 0 heterocycles. The molecule has 0 spiro atoms. The fourth-order valence-corrected chi connectivity index (χ4v) is 4.97. The molecule has 8 nitrogen and oxygen atoms in total. The molecule has 3 aromatic rings. The van der Waals surface area contributed by atoms with Crippen molar-refractivity contribution in [1.29, 1.82) is 0 Å². The van der Waals surface area contributed by atoms with E-state index in [1.807, 2.05) is 12.1 Å². The molecule has 0 bridgehead atoms. The van der Waals surface area contributed by atoms with E-state index < -0.39 is 22.5 Å². The molecule has 0 atom stereocenters. The van der Waals surface area contributed by atoms with Gasteiger partial charge in [-0.3, -0.25) is 9.10 Å². The number of carbonyl (C=O) groups excluding carboxylic acids is 1. The number of sulfonamides is 1. The topological polar surface area (TPSA) is 94.2 Å². The standard InChI is InChI=1S/C25H28N2O6S/c1-18-8-13-23(33-4)24(14-18)34(29,30)27(20-6-5-7-22(15-20)32-3)17-25(28)26-16-19-9-11-21(31-2)12-10-19/h5-15H,16-17H2,1-4H3,(H,26,28). The average molecular weight is 485 g/mol. The minimum Gasteiger partial charge on any atom is -0.497 e. The number of methoxy groups -OCH3 is 3. The van der Waals surface area contributed by atoms with Gasteiger partial charge < -0.3 is 19.5 Å². The van der Waals surface area contributed by atoms with E-state index in [1.54, 1.807) is 62.6 Å². The molecule has 9 heteroatoms. The van der Waals surface area contributed by atoms with Gasteiger partial charge in [0.15, 0.2) is 0 Å². The van der Waals surface area contributed by atoms with Crippen molar-refractivity contribution in [1.82, 2.24) is 5.32 Å². The van der Waals surface area contributed by atoms with Gasteiger partial charge in [-0.25, -0.2) is 8.42 Å². The molecular weight excluding hydrogens is 456 g/mol. The van der Waals surface area contributed by atoms with E-state index in [0.717, 1.165) is 15.4 Å². The van der Waals surface area contributed by atoms with Gasteiger partial charge in [-0.1, -0.05) is 24.3 Å². The third kappa shape index (κ3) is 5.79. The molecule has 3 aromatic carbocycles. The Morgan fingerprint density at radius 2 is 1.59 bits per heavy atom. The number of ether oxygens (including phenoxy) is 3. The Balaban J connectivity index is 1.92. The summed E-state index contributed by atoms with van der Waals surface area (Å²) in [7, 11) is 0.314. The quantitative estimate of drug-likeness (QED) is 0.473. The molecule has 0 fully saturated rings. The number of rotatable bonds is 10. The van der Waals surface area contributed by atoms with Crippen LogP contribution < -0.4 is 23.8 Å². The molecule has 0 saturated carbocycles. The third-order valence-corrected chi connectivity index (χ3v) is 6.96. The van der Waals surface area contributed by atoms with Crippen LogP contribution in [-0.4, -0.2) is 42.2 Å². The van der Waals surface area contributed by atoms with Gasteiger partial charge in [0.05, 0.1) is 27.0 Å². The number of hydrogen-bond acceptors (Lipinski definition) is 6. The number of carbonyl (C=O) groups is 1. The minimum atomic E-state index is -4.16. The van der Waals surface area contributed by atoms with Gasteiger partial charge in [-0.05, 0) is 54.4 Å². The summed E-state index contributed by atoms with van der Waals surface area (Å²) in [5, 5.41) is 2.78. The van der Waals surface area contributed by atoms with Gasteiger partial charge in [-0.15, -0.1) is 0 Å². The van der Waals surface area contributed by atoms with Crippen molar-refractivity contribution >= 4 is 21.6 Å². The molecule has 0 aliphatic rings. The fraction of sp³-hybridized carbons (Fsp3) is 0.240. The summed E-state index contributed by atoms with van der Waals surface area (Å²) in [6.45, 7) is 1.60. The molecule has 3 rings (SSSR count). The average Bonchev–Trinajstić information content (AvgIpc) is 2.86. The highest BCUT2D eigenvalue weighted by Gasteiger charge is 2.30. The SMILES string of the molecule is COc1ccc(CNC(=O)CN(c2cccc(OC)c2)S(=O)(=O)c2cc(C)ccc2OC)cc1. The van der Waals surface area contributed by atoms with Gasteiger partial charge in [-0.2, -0.15) is 0 Å². The normalized spacial score (nSPS) is 10.9. The molecule has 0 aromatic heterocycles. The van der Waals surface area contributed by atoms with Crippen LogP contribution in [0.3, 0.4) is 0 Å². The molecule has 1 N–H and O–H groups in total. The number of nitrogens with one attached hydrogen (secondary N) is 1. The monoisotopic (exact) mass is 484 g/mol. The summed E-state index contributed by atoms with van der Waals surface area (Å²) in [5.41, 5.74) is 1.89. The highest BCUT2D eigenvalue weighted by Crippen LogP contribution is 2.32. The lowest BCUT2D eigenvalue weighted by Crippen LogP contribution is -2.40. The summed E-state index contributed by atoms with van der Waals surface area (Å²) in [4.78, 5) is 12.8. The lowest BCUT2D eigenvalue weighted by molar-refractivity contribution is -0.119. The predicted molar refractivity (Wildman–Crippen MR) is 130 cm³/mol. The second-order valence-corrected chi connectivity index (χ2v) is 9.32. The van der Waals surface area contributed by atoms with Crippen molar-refractivity contribution in [3.63, 3.8) is 0 Å². The van der Waals surface area contributed by atoms with Crippen LogP contribution in [0.5, 0.6) is 17.2 Å². The summed E-state index contributed by atoms with van der Waals surface area (Å²) >= 11 is 0. The van der Waals surface area contributed by atoms with E-state index in [4.69, 9.17) is 14.2 Å².